The average Bonchev–Trinajstić information content (AvgIpc) is 2.74. The van der Waals surface area contributed by atoms with Crippen molar-refractivity contribution in [2.24, 2.45) is 5.73 Å². The zero-order valence-electron chi connectivity index (χ0n) is 18.8. The summed E-state index contributed by atoms with van der Waals surface area (Å²) in [5, 5.41) is 36.1. The van der Waals surface area contributed by atoms with E-state index in [9.17, 15) is 34.5 Å². The number of carbonyl (C=O) groups is 4. The minimum absolute atomic E-state index is 0.0135. The Kier molecular flexibility index (Phi) is 11.7. The molecule has 0 fully saturated rings. The molecule has 1 rings (SSSR count). The van der Waals surface area contributed by atoms with Crippen molar-refractivity contribution in [1.29, 1.82) is 0 Å². The van der Waals surface area contributed by atoms with Gasteiger partial charge in [-0.1, -0.05) is 12.1 Å². The molecule has 12 heteroatoms. The predicted molar refractivity (Wildman–Crippen MR) is 124 cm³/mol. The fraction of sp³-hybridized carbons (Fsp3) is 0.524. The molecule has 0 aliphatic rings. The molecule has 5 atom stereocenters. The lowest BCUT2D eigenvalue weighted by Crippen LogP contribution is -2.60. The number of thioether (sulfide) groups is 1. The molecule has 0 aliphatic heterocycles. The molecule has 11 nitrogen and oxygen atoms in total. The van der Waals surface area contributed by atoms with E-state index in [1.165, 1.54) is 37.7 Å². The van der Waals surface area contributed by atoms with E-state index in [0.717, 1.165) is 0 Å². The Balaban J connectivity index is 3.10. The quantitative estimate of drug-likeness (QED) is 0.183. The fourth-order valence-corrected chi connectivity index (χ4v) is 3.27. The van der Waals surface area contributed by atoms with Gasteiger partial charge in [0.25, 0.3) is 0 Å². The van der Waals surface area contributed by atoms with E-state index in [4.69, 9.17) is 5.73 Å². The van der Waals surface area contributed by atoms with Crippen LogP contribution in [0, 0.1) is 0 Å². The lowest BCUT2D eigenvalue weighted by Gasteiger charge is -2.26. The highest BCUT2D eigenvalue weighted by Gasteiger charge is 2.32. The van der Waals surface area contributed by atoms with Gasteiger partial charge in [0.15, 0.2) is 0 Å². The van der Waals surface area contributed by atoms with Crippen molar-refractivity contribution in [2.45, 2.75) is 57.0 Å². The first-order valence-corrected chi connectivity index (χ1v) is 11.7. The molecule has 5 unspecified atom stereocenters. The monoisotopic (exact) mass is 484 g/mol. The van der Waals surface area contributed by atoms with Gasteiger partial charge in [-0.15, -0.1) is 0 Å². The summed E-state index contributed by atoms with van der Waals surface area (Å²) in [6, 6.07) is 1.23. The van der Waals surface area contributed by atoms with Crippen LogP contribution in [0.4, 0.5) is 0 Å². The number of rotatable bonds is 13. The van der Waals surface area contributed by atoms with Crippen molar-refractivity contribution in [1.82, 2.24) is 16.0 Å². The van der Waals surface area contributed by atoms with Gasteiger partial charge in [-0.3, -0.25) is 14.4 Å². The summed E-state index contributed by atoms with van der Waals surface area (Å²) in [4.78, 5) is 49.2. The number of phenols is 1. The van der Waals surface area contributed by atoms with Crippen LogP contribution in [0.1, 0.15) is 25.8 Å². The minimum atomic E-state index is -1.38. The van der Waals surface area contributed by atoms with Gasteiger partial charge in [-0.2, -0.15) is 11.8 Å². The van der Waals surface area contributed by atoms with Crippen molar-refractivity contribution in [3.8, 4) is 5.75 Å². The number of carbonyl (C=O) groups excluding carboxylic acids is 3. The Hall–Kier alpha value is -2.83. The van der Waals surface area contributed by atoms with Crippen LogP contribution in [-0.4, -0.2) is 81.3 Å². The minimum Gasteiger partial charge on any atom is -0.508 e. The Morgan fingerprint density at radius 1 is 0.970 bits per heavy atom. The zero-order valence-corrected chi connectivity index (χ0v) is 19.6. The molecule has 0 heterocycles. The second-order valence-electron chi connectivity index (χ2n) is 7.63. The van der Waals surface area contributed by atoms with Crippen LogP contribution in [0.5, 0.6) is 5.75 Å². The number of nitrogens with one attached hydrogen (secondary N) is 3. The Morgan fingerprint density at radius 2 is 1.55 bits per heavy atom. The number of benzene rings is 1. The molecule has 0 aromatic heterocycles. The molecule has 3 amide bonds. The van der Waals surface area contributed by atoms with E-state index >= 15 is 0 Å². The number of carboxylic acid groups (broad SMARTS) is 1. The van der Waals surface area contributed by atoms with E-state index in [1.54, 1.807) is 18.4 Å². The lowest BCUT2D eigenvalue weighted by molar-refractivity contribution is -0.142. The van der Waals surface area contributed by atoms with E-state index < -0.39 is 54.0 Å². The van der Waals surface area contributed by atoms with E-state index in [0.29, 0.717) is 11.3 Å². The Labute approximate surface area is 196 Å². The molecule has 8 N–H and O–H groups in total. The van der Waals surface area contributed by atoms with Crippen LogP contribution in [0.25, 0.3) is 0 Å². The van der Waals surface area contributed by atoms with Gasteiger partial charge < -0.3 is 37.0 Å². The normalized spacial score (nSPS) is 15.4. The van der Waals surface area contributed by atoms with Crippen LogP contribution < -0.4 is 21.7 Å². The molecule has 33 heavy (non-hydrogen) atoms. The maximum absolute atomic E-state index is 12.9. The van der Waals surface area contributed by atoms with Crippen molar-refractivity contribution in [3.05, 3.63) is 29.8 Å². The number of aliphatic carboxylic acids is 1. The summed E-state index contributed by atoms with van der Waals surface area (Å²) in [6.45, 7) is 2.71. The summed E-state index contributed by atoms with van der Waals surface area (Å²) in [5.41, 5.74) is 6.09. The highest BCUT2D eigenvalue weighted by molar-refractivity contribution is 7.98. The van der Waals surface area contributed by atoms with Gasteiger partial charge in [-0.25, -0.2) is 4.79 Å². The van der Waals surface area contributed by atoms with Gasteiger partial charge in [-0.05, 0) is 50.0 Å². The first kappa shape index (κ1) is 28.2. The smallest absolute Gasteiger partial charge is 0.326 e. The van der Waals surface area contributed by atoms with Gasteiger partial charge in [0.2, 0.25) is 17.7 Å². The molecule has 184 valence electrons. The van der Waals surface area contributed by atoms with Crippen LogP contribution in [0.15, 0.2) is 24.3 Å². The number of hydrogen-bond acceptors (Lipinski definition) is 8. The van der Waals surface area contributed by atoms with Gasteiger partial charge in [0.1, 0.15) is 23.9 Å². The number of phenolic OH excluding ortho intramolecular Hbond substituents is 1. The topological polar surface area (TPSA) is 191 Å². The van der Waals surface area contributed by atoms with Crippen molar-refractivity contribution in [2.75, 3.05) is 12.0 Å². The zero-order chi connectivity index (χ0) is 25.1. The SMILES string of the molecule is CSCCC(NC(=O)C(Cc1ccc(O)cc1)NC(=O)C(NC(=O)C(C)N)C(C)O)C(=O)O. The second kappa shape index (κ2) is 13.7. The molecule has 1 aromatic carbocycles. The largest absolute Gasteiger partial charge is 0.508 e. The molecule has 1 aromatic rings. The first-order chi connectivity index (χ1) is 15.5. The highest BCUT2D eigenvalue weighted by atomic mass is 32.2. The third-order valence-corrected chi connectivity index (χ3v) is 5.35. The number of aromatic hydroxyl groups is 1. The molecule has 0 saturated carbocycles. The third-order valence-electron chi connectivity index (χ3n) is 4.71. The van der Waals surface area contributed by atoms with Crippen molar-refractivity contribution >= 4 is 35.5 Å². The van der Waals surface area contributed by atoms with Gasteiger partial charge in [0, 0.05) is 6.42 Å². The number of hydrogen-bond donors (Lipinski definition) is 7. The summed E-state index contributed by atoms with van der Waals surface area (Å²) >= 11 is 1.43. The summed E-state index contributed by atoms with van der Waals surface area (Å²) < 4.78 is 0. The second-order valence-corrected chi connectivity index (χ2v) is 8.61. The highest BCUT2D eigenvalue weighted by Crippen LogP contribution is 2.12. The summed E-state index contributed by atoms with van der Waals surface area (Å²) in [5.74, 6) is -2.95. The molecular formula is C21H32N4O7S. The maximum Gasteiger partial charge on any atom is 0.326 e. The Bertz CT molecular complexity index is 817. The van der Waals surface area contributed by atoms with Crippen LogP contribution >= 0.6 is 11.8 Å². The number of aliphatic hydroxyl groups is 1. The van der Waals surface area contributed by atoms with E-state index in [1.807, 2.05) is 0 Å². The van der Waals surface area contributed by atoms with Crippen LogP contribution in [-0.2, 0) is 25.6 Å². The molecule has 0 bridgehead atoms. The first-order valence-electron chi connectivity index (χ1n) is 10.3. The molecule has 0 spiro atoms. The summed E-state index contributed by atoms with van der Waals surface area (Å²) in [7, 11) is 0. The molecular weight excluding hydrogens is 452 g/mol. The predicted octanol–water partition coefficient (Wildman–Crippen LogP) is -1.05. The standard InChI is InChI=1S/C21H32N4O7S/c1-11(22)18(28)25-17(12(2)26)20(30)24-16(10-13-4-6-14(27)7-5-13)19(29)23-15(21(31)32)8-9-33-3/h4-7,11-12,15-17,26-27H,8-10,22H2,1-3H3,(H,23,29)(H,24,30)(H,25,28)(H,31,32). The van der Waals surface area contributed by atoms with Gasteiger partial charge in [0.05, 0.1) is 12.1 Å². The number of carboxylic acids is 1. The number of aliphatic hydroxyl groups excluding tert-OH is 1. The lowest BCUT2D eigenvalue weighted by atomic mass is 10.0. The fourth-order valence-electron chi connectivity index (χ4n) is 2.79. The number of amides is 3. The molecule has 0 saturated heterocycles. The maximum atomic E-state index is 12.9. The number of nitrogens with two attached hydrogens (primary N) is 1. The van der Waals surface area contributed by atoms with Gasteiger partial charge >= 0.3 is 5.97 Å². The van der Waals surface area contributed by atoms with Crippen molar-refractivity contribution in [3.63, 3.8) is 0 Å². The van der Waals surface area contributed by atoms with Crippen molar-refractivity contribution < 1.29 is 34.5 Å². The van der Waals surface area contributed by atoms with E-state index in [-0.39, 0.29) is 18.6 Å². The Morgan fingerprint density at radius 3 is 2.03 bits per heavy atom. The summed E-state index contributed by atoms with van der Waals surface area (Å²) in [6.07, 6.45) is 0.670. The average molecular weight is 485 g/mol. The van der Waals surface area contributed by atoms with E-state index in [2.05, 4.69) is 16.0 Å². The van der Waals surface area contributed by atoms with Crippen LogP contribution in [0.2, 0.25) is 0 Å². The van der Waals surface area contributed by atoms with Crippen LogP contribution in [0.3, 0.4) is 0 Å². The molecule has 0 radical (unpaired) electrons. The molecule has 0 aliphatic carbocycles. The third kappa shape index (κ3) is 9.68.